The number of rotatable bonds is 18. The van der Waals surface area contributed by atoms with Gasteiger partial charge in [-0.15, -0.1) is 0 Å². The fraction of sp³-hybridized carbons (Fsp3) is 0.500. The molecule has 0 bridgehead atoms. The van der Waals surface area contributed by atoms with E-state index in [0.29, 0.717) is 23.3 Å². The second-order valence-corrected chi connectivity index (χ2v) is 11.7. The third kappa shape index (κ3) is 10.1. The molecule has 0 aromatic heterocycles. The molecule has 0 fully saturated rings. The van der Waals surface area contributed by atoms with Crippen LogP contribution in [0.4, 0.5) is 0 Å². The van der Waals surface area contributed by atoms with E-state index in [-0.39, 0.29) is 11.8 Å². The normalized spacial score (nSPS) is 11.4. The van der Waals surface area contributed by atoms with Crippen molar-refractivity contribution in [2.75, 3.05) is 27.9 Å². The van der Waals surface area contributed by atoms with E-state index < -0.39 is 8.80 Å². The molecule has 192 valence electrons. The number of esters is 1. The Hall–Kier alpha value is -2.32. The lowest BCUT2D eigenvalue weighted by Crippen LogP contribution is -2.42. The monoisotopic (exact) mass is 500 g/mol. The van der Waals surface area contributed by atoms with Crippen LogP contribution >= 0.6 is 0 Å². The van der Waals surface area contributed by atoms with Crippen molar-refractivity contribution in [1.82, 2.24) is 0 Å². The summed E-state index contributed by atoms with van der Waals surface area (Å²) in [6.45, 7) is 0.403. The molecule has 2 aromatic carbocycles. The molecule has 0 saturated carbocycles. The van der Waals surface area contributed by atoms with Crippen molar-refractivity contribution in [1.29, 1.82) is 0 Å². The molecule has 0 spiro atoms. The minimum atomic E-state index is -2.41. The highest BCUT2D eigenvalue weighted by atomic mass is 28.4. The van der Waals surface area contributed by atoms with Gasteiger partial charge in [-0.2, -0.15) is 0 Å². The number of ketones is 1. The van der Waals surface area contributed by atoms with Gasteiger partial charge in [-0.05, 0) is 25.0 Å². The van der Waals surface area contributed by atoms with Crippen molar-refractivity contribution in [3.63, 3.8) is 0 Å². The van der Waals surface area contributed by atoms with E-state index in [9.17, 15) is 9.59 Å². The molecule has 6 nitrogen and oxygen atoms in total. The number of carbonyl (C=O) groups excluding carboxylic acids is 2. The van der Waals surface area contributed by atoms with Gasteiger partial charge in [0, 0.05) is 38.5 Å². The Bertz CT molecular complexity index is 874. The zero-order chi connectivity index (χ0) is 25.4. The maximum absolute atomic E-state index is 12.6. The predicted molar refractivity (Wildman–Crippen MR) is 140 cm³/mol. The number of hydrogen-bond donors (Lipinski definition) is 0. The van der Waals surface area contributed by atoms with Crippen molar-refractivity contribution < 1.29 is 27.6 Å². The van der Waals surface area contributed by atoms with Gasteiger partial charge in [0.05, 0.1) is 12.2 Å². The fourth-order valence-electron chi connectivity index (χ4n) is 4.03. The molecule has 0 amide bonds. The Morgan fingerprint density at radius 3 is 1.74 bits per heavy atom. The third-order valence-corrected chi connectivity index (χ3v) is 9.02. The van der Waals surface area contributed by atoms with Crippen LogP contribution in [0.3, 0.4) is 0 Å². The van der Waals surface area contributed by atoms with E-state index in [0.717, 1.165) is 31.7 Å². The summed E-state index contributed by atoms with van der Waals surface area (Å²) in [6.07, 6.45) is 10.1. The van der Waals surface area contributed by atoms with Crippen LogP contribution in [-0.4, -0.2) is 48.5 Å². The molecular formula is C28H40O6Si. The minimum absolute atomic E-state index is 0.102. The number of hydrogen-bond acceptors (Lipinski definition) is 6. The summed E-state index contributed by atoms with van der Waals surface area (Å²) in [6, 6.07) is 16.7. The highest BCUT2D eigenvalue weighted by Gasteiger charge is 2.36. The molecular weight excluding hydrogens is 460 g/mol. The van der Waals surface area contributed by atoms with E-state index in [1.807, 2.05) is 18.2 Å². The van der Waals surface area contributed by atoms with Crippen molar-refractivity contribution in [2.24, 2.45) is 0 Å². The summed E-state index contributed by atoms with van der Waals surface area (Å²) in [7, 11) is 2.56. The average Bonchev–Trinajstić information content (AvgIpc) is 2.91. The second-order valence-electron chi connectivity index (χ2n) is 8.64. The van der Waals surface area contributed by atoms with Crippen molar-refractivity contribution in [2.45, 2.75) is 63.8 Å². The number of benzene rings is 2. The molecule has 7 heteroatoms. The fourth-order valence-corrected chi connectivity index (χ4v) is 5.82. The summed E-state index contributed by atoms with van der Waals surface area (Å²) in [5.74, 6) is -0.481. The molecule has 0 heterocycles. The Morgan fingerprint density at radius 1 is 0.629 bits per heavy atom. The van der Waals surface area contributed by atoms with Gasteiger partial charge in [-0.25, -0.2) is 4.79 Å². The highest BCUT2D eigenvalue weighted by Crippen LogP contribution is 2.19. The number of carbonyl (C=O) groups is 2. The largest absolute Gasteiger partial charge is 0.500 e. The standard InChI is InChI=1S/C28H40O6Si/c1-31-35(32-2,33-3)22-15-10-8-6-4-5-7-9-14-21-34-28(30)26-20-16-19-25(23-26)27(29)24-17-12-11-13-18-24/h11-13,16-20,23H,4-10,14-15,21-22H2,1-3H3. The minimum Gasteiger partial charge on any atom is -0.462 e. The van der Waals surface area contributed by atoms with Gasteiger partial charge in [0.15, 0.2) is 5.78 Å². The van der Waals surface area contributed by atoms with Crippen LogP contribution in [0.25, 0.3) is 0 Å². The van der Waals surface area contributed by atoms with Crippen molar-refractivity contribution in [3.8, 4) is 0 Å². The summed E-state index contributed by atoms with van der Waals surface area (Å²) >= 11 is 0. The number of ether oxygens (including phenoxy) is 1. The van der Waals surface area contributed by atoms with Gasteiger partial charge in [0.1, 0.15) is 0 Å². The molecule has 2 rings (SSSR count). The lowest BCUT2D eigenvalue weighted by atomic mass is 10.0. The van der Waals surface area contributed by atoms with Gasteiger partial charge < -0.3 is 18.0 Å². The first-order valence-corrected chi connectivity index (χ1v) is 14.5. The molecule has 0 radical (unpaired) electrons. The maximum Gasteiger partial charge on any atom is 0.500 e. The van der Waals surface area contributed by atoms with Crippen molar-refractivity contribution >= 4 is 20.6 Å². The molecule has 35 heavy (non-hydrogen) atoms. The first-order chi connectivity index (χ1) is 17.0. The molecule has 2 aromatic rings. The van der Waals surface area contributed by atoms with Crippen LogP contribution < -0.4 is 0 Å². The van der Waals surface area contributed by atoms with E-state index in [2.05, 4.69) is 0 Å². The van der Waals surface area contributed by atoms with E-state index in [1.54, 1.807) is 57.7 Å². The van der Waals surface area contributed by atoms with Crippen LogP contribution in [0, 0.1) is 0 Å². The summed E-state index contributed by atoms with van der Waals surface area (Å²) in [4.78, 5) is 25.0. The van der Waals surface area contributed by atoms with Gasteiger partial charge in [0.2, 0.25) is 0 Å². The van der Waals surface area contributed by atoms with E-state index in [1.165, 1.54) is 32.1 Å². The lowest BCUT2D eigenvalue weighted by molar-refractivity contribution is 0.0497. The maximum atomic E-state index is 12.6. The Labute approximate surface area is 211 Å². The molecule has 0 aliphatic heterocycles. The van der Waals surface area contributed by atoms with Crippen LogP contribution in [0.2, 0.25) is 6.04 Å². The van der Waals surface area contributed by atoms with Crippen molar-refractivity contribution in [3.05, 3.63) is 71.3 Å². The summed E-state index contributed by atoms with van der Waals surface area (Å²) < 4.78 is 21.8. The molecule has 0 aliphatic rings. The Kier molecular flexibility index (Phi) is 13.5. The zero-order valence-electron chi connectivity index (χ0n) is 21.4. The second kappa shape index (κ2) is 16.4. The van der Waals surface area contributed by atoms with Crippen LogP contribution in [0.15, 0.2) is 54.6 Å². The smallest absolute Gasteiger partial charge is 0.462 e. The van der Waals surface area contributed by atoms with Gasteiger partial charge in [-0.1, -0.05) is 87.4 Å². The first-order valence-electron chi connectivity index (χ1n) is 12.6. The lowest BCUT2D eigenvalue weighted by Gasteiger charge is -2.24. The third-order valence-electron chi connectivity index (χ3n) is 6.19. The van der Waals surface area contributed by atoms with Crippen LogP contribution in [0.1, 0.15) is 84.1 Å². The van der Waals surface area contributed by atoms with Gasteiger partial charge in [0.25, 0.3) is 0 Å². The average molecular weight is 501 g/mol. The molecule has 0 unspecified atom stereocenters. The summed E-state index contributed by atoms with van der Waals surface area (Å²) in [5, 5.41) is 0. The highest BCUT2D eigenvalue weighted by molar-refractivity contribution is 6.60. The summed E-state index contributed by atoms with van der Waals surface area (Å²) in [5.41, 5.74) is 1.50. The topological polar surface area (TPSA) is 71.1 Å². The Morgan fingerprint density at radius 2 is 1.14 bits per heavy atom. The quantitative estimate of drug-likeness (QED) is 0.101. The van der Waals surface area contributed by atoms with E-state index in [4.69, 9.17) is 18.0 Å². The van der Waals surface area contributed by atoms with Gasteiger partial charge >= 0.3 is 14.8 Å². The molecule has 0 N–H and O–H groups in total. The first kappa shape index (κ1) is 28.9. The molecule has 0 atom stereocenters. The predicted octanol–water partition coefficient (Wildman–Crippen LogP) is 6.46. The van der Waals surface area contributed by atoms with Crippen LogP contribution in [-0.2, 0) is 18.0 Å². The zero-order valence-corrected chi connectivity index (χ0v) is 22.4. The Balaban J connectivity index is 1.54. The molecule has 0 aliphatic carbocycles. The SMILES string of the molecule is CO[Si](CCCCCCCCCCCOC(=O)c1cccc(C(=O)c2ccccc2)c1)(OC)OC. The molecule has 0 saturated heterocycles. The van der Waals surface area contributed by atoms with Crippen LogP contribution in [0.5, 0.6) is 0 Å². The van der Waals surface area contributed by atoms with Gasteiger partial charge in [-0.3, -0.25) is 4.79 Å². The number of unbranched alkanes of at least 4 members (excludes halogenated alkanes) is 8. The van der Waals surface area contributed by atoms with E-state index >= 15 is 0 Å².